The van der Waals surface area contributed by atoms with Crippen molar-refractivity contribution in [3.63, 3.8) is 0 Å². The summed E-state index contributed by atoms with van der Waals surface area (Å²) in [6, 6.07) is 5.80. The Balaban J connectivity index is 2.00. The number of benzene rings is 1. The molecule has 3 rings (SSSR count). The minimum Gasteiger partial charge on any atom is -0.463 e. The fourth-order valence-electron chi connectivity index (χ4n) is 4.15. The Kier molecular flexibility index (Phi) is 8.81. The standard InChI is InChI=1S/C24H29N3O10/c1-6-27-17-10-8-7-9-16(17)19(23(27)32)26-37-24-20(25-12(2)28)22(35-15(5)31)21(34-14(4)30)18(36-24)11-33-13(3)29/h7-10,18,20-22,24H,6,11H2,1-5H3,(H,25,28)/b26-19-/t18-,20-,21+,22-,24+/m0/s1. The van der Waals surface area contributed by atoms with Crippen LogP contribution in [0.2, 0.25) is 0 Å². The summed E-state index contributed by atoms with van der Waals surface area (Å²) in [4.78, 5) is 67.4. The number of amides is 2. The normalized spacial score (nSPS) is 25.8. The van der Waals surface area contributed by atoms with E-state index in [1.807, 2.05) is 6.92 Å². The molecule has 0 unspecified atom stereocenters. The van der Waals surface area contributed by atoms with Gasteiger partial charge in [0.15, 0.2) is 17.9 Å². The number of oxime groups is 1. The van der Waals surface area contributed by atoms with Crippen molar-refractivity contribution in [3.8, 4) is 0 Å². The van der Waals surface area contributed by atoms with E-state index in [1.54, 1.807) is 24.3 Å². The number of fused-ring (bicyclic) bond motifs is 1. The van der Waals surface area contributed by atoms with E-state index in [1.165, 1.54) is 18.7 Å². The number of esters is 3. The van der Waals surface area contributed by atoms with E-state index in [9.17, 15) is 24.0 Å². The van der Waals surface area contributed by atoms with Gasteiger partial charge in [0.25, 0.3) is 12.2 Å². The Morgan fingerprint density at radius 3 is 2.24 bits per heavy atom. The molecule has 0 spiro atoms. The van der Waals surface area contributed by atoms with Crippen molar-refractivity contribution in [1.29, 1.82) is 0 Å². The largest absolute Gasteiger partial charge is 0.463 e. The number of rotatable bonds is 8. The zero-order valence-electron chi connectivity index (χ0n) is 21.1. The van der Waals surface area contributed by atoms with Crippen LogP contribution in [0.1, 0.15) is 40.2 Å². The van der Waals surface area contributed by atoms with Crippen LogP contribution in [0.4, 0.5) is 5.69 Å². The van der Waals surface area contributed by atoms with Gasteiger partial charge in [-0.25, -0.2) is 0 Å². The molecular weight excluding hydrogens is 490 g/mol. The summed E-state index contributed by atoms with van der Waals surface area (Å²) in [7, 11) is 0. The highest BCUT2D eigenvalue weighted by Crippen LogP contribution is 2.31. The van der Waals surface area contributed by atoms with Crippen molar-refractivity contribution >= 4 is 41.1 Å². The molecule has 1 aromatic rings. The number of nitrogens with zero attached hydrogens (tertiary/aromatic N) is 2. The molecule has 1 N–H and O–H groups in total. The Hall–Kier alpha value is -4.00. The number of hydrogen-bond acceptors (Lipinski definition) is 11. The molecular formula is C24H29N3O10. The maximum absolute atomic E-state index is 13.0. The van der Waals surface area contributed by atoms with Gasteiger partial charge < -0.3 is 34.0 Å². The van der Waals surface area contributed by atoms with Crippen molar-refractivity contribution in [2.45, 2.75) is 65.3 Å². The summed E-state index contributed by atoms with van der Waals surface area (Å²) in [6.45, 7) is 6.49. The zero-order valence-corrected chi connectivity index (χ0v) is 21.1. The third-order valence-corrected chi connectivity index (χ3v) is 5.53. The molecule has 200 valence electrons. The second-order valence-electron chi connectivity index (χ2n) is 8.33. The first kappa shape index (κ1) is 27.6. The fraction of sp³-hybridized carbons (Fsp3) is 0.500. The third kappa shape index (κ3) is 6.42. The summed E-state index contributed by atoms with van der Waals surface area (Å²) in [5.74, 6) is -3.04. The van der Waals surface area contributed by atoms with E-state index in [2.05, 4.69) is 10.5 Å². The highest BCUT2D eigenvalue weighted by Gasteiger charge is 2.52. The smallest absolute Gasteiger partial charge is 0.303 e. The lowest BCUT2D eigenvalue weighted by molar-refractivity contribution is -0.278. The lowest BCUT2D eigenvalue weighted by Gasteiger charge is -2.43. The molecule has 0 saturated carbocycles. The van der Waals surface area contributed by atoms with Crippen molar-refractivity contribution in [1.82, 2.24) is 5.32 Å². The van der Waals surface area contributed by atoms with Gasteiger partial charge in [-0.15, -0.1) is 0 Å². The van der Waals surface area contributed by atoms with E-state index >= 15 is 0 Å². The monoisotopic (exact) mass is 519 g/mol. The van der Waals surface area contributed by atoms with E-state index in [0.717, 1.165) is 13.8 Å². The van der Waals surface area contributed by atoms with Crippen LogP contribution in [0.25, 0.3) is 0 Å². The predicted octanol–water partition coefficient (Wildman–Crippen LogP) is 0.430. The van der Waals surface area contributed by atoms with E-state index < -0.39 is 60.4 Å². The van der Waals surface area contributed by atoms with Crippen LogP contribution in [0.5, 0.6) is 0 Å². The molecule has 2 aliphatic rings. The molecule has 2 heterocycles. The second kappa shape index (κ2) is 11.8. The molecule has 2 aliphatic heterocycles. The Morgan fingerprint density at radius 1 is 1.00 bits per heavy atom. The number of carbonyl (C=O) groups is 5. The van der Waals surface area contributed by atoms with Crippen LogP contribution >= 0.6 is 0 Å². The molecule has 0 aliphatic carbocycles. The van der Waals surface area contributed by atoms with Gasteiger partial charge >= 0.3 is 17.9 Å². The van der Waals surface area contributed by atoms with E-state index in [-0.39, 0.29) is 12.3 Å². The first-order valence-electron chi connectivity index (χ1n) is 11.6. The zero-order chi connectivity index (χ0) is 27.3. The molecule has 0 radical (unpaired) electrons. The van der Waals surface area contributed by atoms with Crippen LogP contribution in [0, 0.1) is 0 Å². The summed E-state index contributed by atoms with van der Waals surface area (Å²) >= 11 is 0. The van der Waals surface area contributed by atoms with Gasteiger partial charge in [-0.3, -0.25) is 24.0 Å². The quantitative estimate of drug-likeness (QED) is 0.290. The maximum Gasteiger partial charge on any atom is 0.303 e. The summed E-state index contributed by atoms with van der Waals surface area (Å²) in [5.41, 5.74) is 1.19. The predicted molar refractivity (Wildman–Crippen MR) is 126 cm³/mol. The number of anilines is 1. The number of hydrogen-bond donors (Lipinski definition) is 1. The van der Waals surface area contributed by atoms with Crippen LogP contribution in [-0.4, -0.2) is 79.2 Å². The van der Waals surface area contributed by atoms with Crippen LogP contribution in [-0.2, 0) is 47.8 Å². The van der Waals surface area contributed by atoms with Gasteiger partial charge in [-0.1, -0.05) is 23.4 Å². The van der Waals surface area contributed by atoms with Gasteiger partial charge in [0.05, 0.1) is 5.69 Å². The first-order valence-corrected chi connectivity index (χ1v) is 11.6. The highest BCUT2D eigenvalue weighted by molar-refractivity contribution is 6.54. The summed E-state index contributed by atoms with van der Waals surface area (Å²) < 4.78 is 21.7. The number of ether oxygens (including phenoxy) is 4. The Bertz CT molecular complexity index is 1100. The SMILES string of the molecule is CCN1C(=O)/C(=N\O[C@H]2O[C@@H](COC(C)=O)[C@@H](OC(C)=O)[C@@H](OC(C)=O)[C@@H]2NC(C)=O)c2ccccc21. The van der Waals surface area contributed by atoms with Gasteiger partial charge in [-0.2, -0.15) is 0 Å². The van der Waals surface area contributed by atoms with Crippen LogP contribution in [0.15, 0.2) is 29.4 Å². The molecule has 5 atom stereocenters. The van der Waals surface area contributed by atoms with Crippen LogP contribution < -0.4 is 10.2 Å². The molecule has 1 saturated heterocycles. The Morgan fingerprint density at radius 2 is 1.65 bits per heavy atom. The van der Waals surface area contributed by atoms with E-state index in [0.29, 0.717) is 17.8 Å². The molecule has 13 nitrogen and oxygen atoms in total. The number of nitrogens with one attached hydrogen (secondary N) is 1. The molecule has 13 heteroatoms. The molecule has 2 amide bonds. The number of carbonyl (C=O) groups excluding carboxylic acids is 5. The molecule has 1 aromatic carbocycles. The highest BCUT2D eigenvalue weighted by atomic mass is 16.8. The number of likely N-dealkylation sites (N-methyl/N-ethyl adjacent to an activating group) is 1. The third-order valence-electron chi connectivity index (χ3n) is 5.53. The first-order chi connectivity index (χ1) is 17.5. The average molecular weight is 520 g/mol. The molecule has 37 heavy (non-hydrogen) atoms. The lowest BCUT2D eigenvalue weighted by Crippen LogP contribution is -2.66. The second-order valence-corrected chi connectivity index (χ2v) is 8.33. The van der Waals surface area contributed by atoms with Gasteiger partial charge in [-0.05, 0) is 13.0 Å². The summed E-state index contributed by atoms with van der Waals surface area (Å²) in [5, 5.41) is 6.62. The van der Waals surface area contributed by atoms with Crippen molar-refractivity contribution < 1.29 is 47.8 Å². The van der Waals surface area contributed by atoms with Gasteiger partial charge in [0.1, 0.15) is 18.8 Å². The van der Waals surface area contributed by atoms with Crippen molar-refractivity contribution in [2.24, 2.45) is 5.16 Å². The Labute approximate surface area is 213 Å². The van der Waals surface area contributed by atoms with Crippen molar-refractivity contribution in [3.05, 3.63) is 29.8 Å². The number of para-hydroxylation sites is 1. The maximum atomic E-state index is 13.0. The molecule has 0 aromatic heterocycles. The molecule has 0 bridgehead atoms. The molecule has 1 fully saturated rings. The van der Waals surface area contributed by atoms with Gasteiger partial charge in [0.2, 0.25) is 5.91 Å². The topological polar surface area (TPSA) is 159 Å². The van der Waals surface area contributed by atoms with Gasteiger partial charge in [0, 0.05) is 39.8 Å². The average Bonchev–Trinajstić information content (AvgIpc) is 3.09. The minimum absolute atomic E-state index is 0.00491. The minimum atomic E-state index is -1.43. The fourth-order valence-corrected chi connectivity index (χ4v) is 4.15. The lowest BCUT2D eigenvalue weighted by atomic mass is 9.96. The summed E-state index contributed by atoms with van der Waals surface area (Å²) in [6.07, 6.45) is -5.16. The van der Waals surface area contributed by atoms with Crippen molar-refractivity contribution in [2.75, 3.05) is 18.1 Å². The van der Waals surface area contributed by atoms with E-state index in [4.69, 9.17) is 23.8 Å². The van der Waals surface area contributed by atoms with Crippen LogP contribution in [0.3, 0.4) is 0 Å².